The maximum Gasteiger partial charge on any atom is 0.320 e. The van der Waals surface area contributed by atoms with Crippen LogP contribution in [0.5, 0.6) is 11.5 Å². The van der Waals surface area contributed by atoms with Crippen LogP contribution in [0.1, 0.15) is 31.7 Å². The number of hydrogen-bond donors (Lipinski definition) is 1. The van der Waals surface area contributed by atoms with Gasteiger partial charge in [0.25, 0.3) is 0 Å². The van der Waals surface area contributed by atoms with Gasteiger partial charge in [-0.3, -0.25) is 9.69 Å². The van der Waals surface area contributed by atoms with Gasteiger partial charge < -0.3 is 14.6 Å². The van der Waals surface area contributed by atoms with Crippen molar-refractivity contribution in [1.82, 2.24) is 4.90 Å². The molecule has 3 rings (SSSR count). The average Bonchev–Trinajstić information content (AvgIpc) is 3.12. The zero-order valence-corrected chi connectivity index (χ0v) is 12.2. The van der Waals surface area contributed by atoms with Crippen LogP contribution in [0.15, 0.2) is 18.2 Å². The number of fused-ring (bicyclic) bond motifs is 1. The van der Waals surface area contributed by atoms with E-state index < -0.39 is 5.97 Å². The Morgan fingerprint density at radius 2 is 2.24 bits per heavy atom. The summed E-state index contributed by atoms with van der Waals surface area (Å²) >= 11 is 0. The summed E-state index contributed by atoms with van der Waals surface area (Å²) in [5.41, 5.74) is 1.21. The molecule has 114 valence electrons. The number of hydrogen-bond acceptors (Lipinski definition) is 4. The summed E-state index contributed by atoms with van der Waals surface area (Å²) in [5, 5.41) is 9.25. The fraction of sp³-hybridized carbons (Fsp3) is 0.562. The fourth-order valence-electron chi connectivity index (χ4n) is 3.22. The van der Waals surface area contributed by atoms with Crippen molar-refractivity contribution in [3.05, 3.63) is 23.8 Å². The van der Waals surface area contributed by atoms with Crippen molar-refractivity contribution < 1.29 is 19.4 Å². The number of carbonyl (C=O) groups is 1. The van der Waals surface area contributed by atoms with Crippen molar-refractivity contribution in [2.24, 2.45) is 0 Å². The van der Waals surface area contributed by atoms with Crippen LogP contribution < -0.4 is 9.47 Å². The Hall–Kier alpha value is -1.75. The summed E-state index contributed by atoms with van der Waals surface area (Å²) in [6.45, 7) is 3.30. The second kappa shape index (κ2) is 5.93. The molecule has 1 aromatic carbocycles. The van der Waals surface area contributed by atoms with E-state index in [-0.39, 0.29) is 12.1 Å². The van der Waals surface area contributed by atoms with Crippen molar-refractivity contribution in [3.63, 3.8) is 0 Å². The molecular weight excluding hydrogens is 270 g/mol. The molecule has 1 N–H and O–H groups in total. The molecule has 2 heterocycles. The van der Waals surface area contributed by atoms with Gasteiger partial charge in [0.15, 0.2) is 11.5 Å². The van der Waals surface area contributed by atoms with Crippen molar-refractivity contribution in [1.29, 1.82) is 0 Å². The molecule has 0 amide bonds. The second-order valence-electron chi connectivity index (χ2n) is 5.81. The summed E-state index contributed by atoms with van der Waals surface area (Å²) < 4.78 is 10.7. The Kier molecular flexibility index (Phi) is 4.01. The third-order valence-corrected chi connectivity index (χ3v) is 4.43. The number of aliphatic carboxylic acids is 1. The molecule has 0 spiro atoms. The molecule has 0 radical (unpaired) electrons. The zero-order valence-electron chi connectivity index (χ0n) is 12.2. The highest BCUT2D eigenvalue weighted by Gasteiger charge is 2.33. The number of ether oxygens (including phenoxy) is 2. The molecule has 21 heavy (non-hydrogen) atoms. The van der Waals surface area contributed by atoms with Gasteiger partial charge in [0.1, 0.15) is 6.04 Å². The normalized spacial score (nSPS) is 22.4. The predicted octanol–water partition coefficient (Wildman–Crippen LogP) is 2.29. The van der Waals surface area contributed by atoms with Crippen molar-refractivity contribution in [2.45, 2.75) is 44.7 Å². The van der Waals surface area contributed by atoms with Crippen molar-refractivity contribution in [2.75, 3.05) is 13.3 Å². The van der Waals surface area contributed by atoms with E-state index in [1.807, 2.05) is 12.1 Å². The molecule has 5 heteroatoms. The molecule has 0 aliphatic carbocycles. The average molecular weight is 291 g/mol. The maximum atomic E-state index is 11.2. The van der Waals surface area contributed by atoms with Crippen LogP contribution in [-0.2, 0) is 11.2 Å². The van der Waals surface area contributed by atoms with Crippen molar-refractivity contribution in [3.8, 4) is 11.5 Å². The van der Waals surface area contributed by atoms with E-state index in [4.69, 9.17) is 9.47 Å². The number of nitrogens with zero attached hydrogens (tertiary/aromatic N) is 1. The van der Waals surface area contributed by atoms with Crippen LogP contribution in [0, 0.1) is 0 Å². The summed E-state index contributed by atoms with van der Waals surface area (Å²) in [6, 6.07) is 5.99. The highest BCUT2D eigenvalue weighted by Crippen LogP contribution is 2.33. The minimum atomic E-state index is -0.692. The molecule has 1 aromatic rings. The number of benzene rings is 1. The summed E-state index contributed by atoms with van der Waals surface area (Å²) in [6.07, 6.45) is 3.61. The molecular formula is C16H21NO4. The van der Waals surface area contributed by atoms with E-state index >= 15 is 0 Å². The highest BCUT2D eigenvalue weighted by molar-refractivity contribution is 5.73. The summed E-state index contributed by atoms with van der Waals surface area (Å²) in [5.74, 6) is 0.921. The number of carboxylic acid groups (broad SMARTS) is 1. The lowest BCUT2D eigenvalue weighted by Crippen LogP contribution is -2.42. The lowest BCUT2D eigenvalue weighted by molar-refractivity contribution is -0.142. The Morgan fingerprint density at radius 1 is 1.43 bits per heavy atom. The molecule has 0 aromatic heterocycles. The Labute approximate surface area is 124 Å². The van der Waals surface area contributed by atoms with E-state index in [0.717, 1.165) is 43.7 Å². The monoisotopic (exact) mass is 291 g/mol. The SMILES string of the molecule is CC(CCc1ccc2c(c1)OCO2)N1CCCC1C(=O)O. The van der Waals surface area contributed by atoms with Gasteiger partial charge in [0, 0.05) is 6.04 Å². The predicted molar refractivity (Wildman–Crippen MR) is 77.7 cm³/mol. The molecule has 5 nitrogen and oxygen atoms in total. The van der Waals surface area contributed by atoms with E-state index in [0.29, 0.717) is 6.79 Å². The van der Waals surface area contributed by atoms with E-state index in [1.165, 1.54) is 5.56 Å². The number of rotatable bonds is 5. The number of likely N-dealkylation sites (tertiary alicyclic amines) is 1. The summed E-state index contributed by atoms with van der Waals surface area (Å²) in [4.78, 5) is 13.4. The molecule has 0 saturated carbocycles. The molecule has 2 atom stereocenters. The first kappa shape index (κ1) is 14.2. The highest BCUT2D eigenvalue weighted by atomic mass is 16.7. The van der Waals surface area contributed by atoms with Gasteiger partial charge in [-0.15, -0.1) is 0 Å². The van der Waals surface area contributed by atoms with Crippen LogP contribution in [0.3, 0.4) is 0 Å². The van der Waals surface area contributed by atoms with E-state index in [2.05, 4.69) is 17.9 Å². The molecule has 2 aliphatic rings. The molecule has 2 aliphatic heterocycles. The molecule has 0 bridgehead atoms. The minimum Gasteiger partial charge on any atom is -0.480 e. The van der Waals surface area contributed by atoms with E-state index in [1.54, 1.807) is 0 Å². The Morgan fingerprint density at radius 3 is 3.05 bits per heavy atom. The minimum absolute atomic E-state index is 0.277. The molecule has 2 unspecified atom stereocenters. The zero-order chi connectivity index (χ0) is 14.8. The first-order valence-electron chi connectivity index (χ1n) is 7.52. The lowest BCUT2D eigenvalue weighted by atomic mass is 10.0. The van der Waals surface area contributed by atoms with Gasteiger partial charge in [0.2, 0.25) is 6.79 Å². The van der Waals surface area contributed by atoms with E-state index in [9.17, 15) is 9.90 Å². The smallest absolute Gasteiger partial charge is 0.320 e. The van der Waals surface area contributed by atoms with Crippen molar-refractivity contribution >= 4 is 5.97 Å². The second-order valence-corrected chi connectivity index (χ2v) is 5.81. The fourth-order valence-corrected chi connectivity index (χ4v) is 3.22. The van der Waals surface area contributed by atoms with Gasteiger partial charge in [-0.05, 0) is 56.8 Å². The quantitative estimate of drug-likeness (QED) is 0.902. The molecule has 1 fully saturated rings. The lowest BCUT2D eigenvalue weighted by Gasteiger charge is -2.28. The van der Waals surface area contributed by atoms with Gasteiger partial charge in [0.05, 0.1) is 0 Å². The Bertz CT molecular complexity index is 531. The molecule has 1 saturated heterocycles. The third kappa shape index (κ3) is 2.97. The largest absolute Gasteiger partial charge is 0.480 e. The Balaban J connectivity index is 1.58. The number of carboxylic acids is 1. The first-order chi connectivity index (χ1) is 10.1. The summed E-state index contributed by atoms with van der Waals surface area (Å²) in [7, 11) is 0. The van der Waals surface area contributed by atoms with Crippen LogP contribution in [-0.4, -0.2) is 41.4 Å². The van der Waals surface area contributed by atoms with Gasteiger partial charge >= 0.3 is 5.97 Å². The van der Waals surface area contributed by atoms with Gasteiger partial charge in [-0.1, -0.05) is 6.07 Å². The standard InChI is InChI=1S/C16H21NO4/c1-11(17-8-2-3-13(17)16(18)19)4-5-12-6-7-14-15(9-12)21-10-20-14/h6-7,9,11,13H,2-5,8,10H2,1H3,(H,18,19). The first-order valence-corrected chi connectivity index (χ1v) is 7.52. The van der Waals surface area contributed by atoms with Gasteiger partial charge in [-0.2, -0.15) is 0 Å². The van der Waals surface area contributed by atoms with Crippen LogP contribution >= 0.6 is 0 Å². The number of aryl methyl sites for hydroxylation is 1. The van der Waals surface area contributed by atoms with Crippen LogP contribution in [0.2, 0.25) is 0 Å². The van der Waals surface area contributed by atoms with Crippen LogP contribution in [0.4, 0.5) is 0 Å². The topological polar surface area (TPSA) is 59.0 Å². The van der Waals surface area contributed by atoms with Crippen LogP contribution in [0.25, 0.3) is 0 Å². The third-order valence-electron chi connectivity index (χ3n) is 4.43. The van der Waals surface area contributed by atoms with Gasteiger partial charge in [-0.25, -0.2) is 0 Å². The maximum absolute atomic E-state index is 11.2.